The summed E-state index contributed by atoms with van der Waals surface area (Å²) in [7, 11) is 0. The maximum Gasteiger partial charge on any atom is 0.261 e. The Bertz CT molecular complexity index is 653. The van der Waals surface area contributed by atoms with Crippen LogP contribution in [0.25, 0.3) is 0 Å². The lowest BCUT2D eigenvalue weighted by Gasteiger charge is -2.24. The van der Waals surface area contributed by atoms with Crippen LogP contribution in [0.3, 0.4) is 0 Å². The van der Waals surface area contributed by atoms with Crippen molar-refractivity contribution in [3.63, 3.8) is 0 Å². The van der Waals surface area contributed by atoms with Gasteiger partial charge >= 0.3 is 0 Å². The molecule has 2 N–H and O–H groups in total. The third kappa shape index (κ3) is 3.24. The van der Waals surface area contributed by atoms with E-state index in [2.05, 4.69) is 20.1 Å². The number of carbonyl (C=O) groups is 1. The summed E-state index contributed by atoms with van der Waals surface area (Å²) in [5.74, 6) is 0.755. The molecule has 0 unspecified atom stereocenters. The van der Waals surface area contributed by atoms with Crippen LogP contribution in [0.15, 0.2) is 17.5 Å². The first-order valence-corrected chi connectivity index (χ1v) is 8.52. The molecule has 1 aliphatic carbocycles. The lowest BCUT2D eigenvalue weighted by Crippen LogP contribution is -2.25. The van der Waals surface area contributed by atoms with Gasteiger partial charge < -0.3 is 5.32 Å². The van der Waals surface area contributed by atoms with Crippen LogP contribution in [0, 0.1) is 4.77 Å². The molecule has 0 aromatic carbocycles. The normalized spacial score (nSPS) is 16.0. The quantitative estimate of drug-likeness (QED) is 0.848. The van der Waals surface area contributed by atoms with Gasteiger partial charge in [0.05, 0.1) is 11.4 Å². The molecule has 0 aliphatic heterocycles. The predicted molar refractivity (Wildman–Crippen MR) is 85.0 cm³/mol. The minimum atomic E-state index is -0.0610. The zero-order chi connectivity index (χ0) is 14.7. The highest BCUT2D eigenvalue weighted by atomic mass is 32.1. The van der Waals surface area contributed by atoms with E-state index in [0.717, 1.165) is 18.7 Å². The predicted octanol–water partition coefficient (Wildman–Crippen LogP) is 3.44. The van der Waals surface area contributed by atoms with Gasteiger partial charge in [-0.25, -0.2) is 0 Å². The Labute approximate surface area is 132 Å². The van der Waals surface area contributed by atoms with Crippen molar-refractivity contribution in [2.24, 2.45) is 0 Å². The van der Waals surface area contributed by atoms with E-state index in [1.165, 1.54) is 30.6 Å². The Hall–Kier alpha value is -1.47. The Morgan fingerprint density at radius 2 is 2.29 bits per heavy atom. The second kappa shape index (κ2) is 6.53. The van der Waals surface area contributed by atoms with Crippen molar-refractivity contribution in [2.75, 3.05) is 0 Å². The number of amides is 1. The summed E-state index contributed by atoms with van der Waals surface area (Å²) in [6.45, 7) is 0.403. The molecule has 2 heterocycles. The fraction of sp³-hybridized carbons (Fsp3) is 0.500. The lowest BCUT2D eigenvalue weighted by molar-refractivity contribution is 0.0953. The van der Waals surface area contributed by atoms with Crippen molar-refractivity contribution >= 4 is 29.5 Å². The number of H-pyrrole nitrogens is 1. The first-order chi connectivity index (χ1) is 10.3. The van der Waals surface area contributed by atoms with Crippen molar-refractivity contribution in [2.45, 2.75) is 44.7 Å². The number of nitrogens with zero attached hydrogens (tertiary/aromatic N) is 2. The summed E-state index contributed by atoms with van der Waals surface area (Å²) < 4.78 is 2.74. The molecule has 7 heteroatoms. The van der Waals surface area contributed by atoms with Gasteiger partial charge in [-0.3, -0.25) is 14.5 Å². The van der Waals surface area contributed by atoms with Crippen molar-refractivity contribution in [3.8, 4) is 0 Å². The number of aromatic nitrogens is 3. The van der Waals surface area contributed by atoms with Gasteiger partial charge in [-0.15, -0.1) is 11.3 Å². The number of thiophene rings is 1. The molecular formula is C14H18N4OS2. The van der Waals surface area contributed by atoms with Gasteiger partial charge in [0.2, 0.25) is 0 Å². The smallest absolute Gasteiger partial charge is 0.261 e. The Morgan fingerprint density at radius 1 is 1.48 bits per heavy atom. The van der Waals surface area contributed by atoms with E-state index in [1.807, 2.05) is 17.5 Å². The molecule has 2 aromatic rings. The van der Waals surface area contributed by atoms with Crippen LogP contribution < -0.4 is 5.32 Å². The number of rotatable bonds is 4. The van der Waals surface area contributed by atoms with E-state index in [4.69, 9.17) is 12.2 Å². The fourth-order valence-electron chi connectivity index (χ4n) is 2.83. The van der Waals surface area contributed by atoms with Crippen LogP contribution in [-0.4, -0.2) is 20.7 Å². The van der Waals surface area contributed by atoms with Gasteiger partial charge in [0.1, 0.15) is 0 Å². The van der Waals surface area contributed by atoms with E-state index >= 15 is 0 Å². The second-order valence-corrected chi connectivity index (χ2v) is 6.60. The number of aromatic amines is 1. The topological polar surface area (TPSA) is 62.7 Å². The molecule has 2 aromatic heterocycles. The van der Waals surface area contributed by atoms with Crippen molar-refractivity contribution in [3.05, 3.63) is 33.0 Å². The minimum Gasteiger partial charge on any atom is -0.344 e. The number of nitrogens with one attached hydrogen (secondary N) is 2. The molecule has 21 heavy (non-hydrogen) atoms. The number of carbonyl (C=O) groups excluding carboxylic acids is 1. The second-order valence-electron chi connectivity index (χ2n) is 5.27. The molecule has 3 rings (SSSR count). The van der Waals surface area contributed by atoms with Gasteiger partial charge in [-0.1, -0.05) is 25.3 Å². The zero-order valence-electron chi connectivity index (χ0n) is 11.7. The molecule has 0 spiro atoms. The average molecular weight is 322 g/mol. The van der Waals surface area contributed by atoms with Crippen LogP contribution in [-0.2, 0) is 6.54 Å². The SMILES string of the molecule is O=C(NCc1n[nH]c(=S)n1C1CCCCC1)c1cccs1. The van der Waals surface area contributed by atoms with E-state index in [0.29, 0.717) is 22.2 Å². The monoisotopic (exact) mass is 322 g/mol. The molecule has 5 nitrogen and oxygen atoms in total. The van der Waals surface area contributed by atoms with Gasteiger partial charge in [0, 0.05) is 6.04 Å². The summed E-state index contributed by atoms with van der Waals surface area (Å²) in [5, 5.41) is 12.0. The molecule has 1 fully saturated rings. The van der Waals surface area contributed by atoms with Crippen LogP contribution >= 0.6 is 23.6 Å². The molecule has 0 radical (unpaired) electrons. The zero-order valence-corrected chi connectivity index (χ0v) is 13.3. The van der Waals surface area contributed by atoms with Crippen molar-refractivity contribution in [1.82, 2.24) is 20.1 Å². The number of hydrogen-bond donors (Lipinski definition) is 2. The Morgan fingerprint density at radius 3 is 3.00 bits per heavy atom. The maximum absolute atomic E-state index is 12.0. The molecular weight excluding hydrogens is 304 g/mol. The summed E-state index contributed by atoms with van der Waals surface area (Å²) >= 11 is 6.78. The molecule has 1 amide bonds. The van der Waals surface area contributed by atoms with E-state index in [1.54, 1.807) is 0 Å². The summed E-state index contributed by atoms with van der Waals surface area (Å²) in [6.07, 6.45) is 6.04. The summed E-state index contributed by atoms with van der Waals surface area (Å²) in [4.78, 5) is 12.7. The maximum atomic E-state index is 12.0. The lowest BCUT2D eigenvalue weighted by atomic mass is 9.95. The van der Waals surface area contributed by atoms with Gasteiger partial charge in [0.25, 0.3) is 5.91 Å². The van der Waals surface area contributed by atoms with Crippen LogP contribution in [0.1, 0.15) is 53.6 Å². The fourth-order valence-corrected chi connectivity index (χ4v) is 3.77. The van der Waals surface area contributed by atoms with Gasteiger partial charge in [0.15, 0.2) is 10.6 Å². The molecule has 0 bridgehead atoms. The molecule has 1 aliphatic rings. The first-order valence-electron chi connectivity index (χ1n) is 7.23. The average Bonchev–Trinajstić information content (AvgIpc) is 3.15. The van der Waals surface area contributed by atoms with Crippen LogP contribution in [0.5, 0.6) is 0 Å². The molecule has 1 saturated carbocycles. The van der Waals surface area contributed by atoms with E-state index in [9.17, 15) is 4.79 Å². The van der Waals surface area contributed by atoms with E-state index < -0.39 is 0 Å². The Kier molecular flexibility index (Phi) is 4.50. The first kappa shape index (κ1) is 14.5. The molecule has 0 atom stereocenters. The highest BCUT2D eigenvalue weighted by Gasteiger charge is 2.20. The largest absolute Gasteiger partial charge is 0.344 e. The van der Waals surface area contributed by atoms with Crippen molar-refractivity contribution < 1.29 is 4.79 Å². The van der Waals surface area contributed by atoms with Crippen LogP contribution in [0.4, 0.5) is 0 Å². The highest BCUT2D eigenvalue weighted by Crippen LogP contribution is 2.29. The summed E-state index contributed by atoms with van der Waals surface area (Å²) in [5.41, 5.74) is 0. The van der Waals surface area contributed by atoms with Gasteiger partial charge in [-0.05, 0) is 36.5 Å². The highest BCUT2D eigenvalue weighted by molar-refractivity contribution is 7.71. The molecule has 0 saturated heterocycles. The van der Waals surface area contributed by atoms with Crippen molar-refractivity contribution in [1.29, 1.82) is 0 Å². The third-order valence-corrected chi connectivity index (χ3v) is 5.03. The number of hydrogen-bond acceptors (Lipinski definition) is 4. The van der Waals surface area contributed by atoms with Gasteiger partial charge in [-0.2, -0.15) is 5.10 Å². The third-order valence-electron chi connectivity index (χ3n) is 3.87. The molecule has 112 valence electrons. The standard InChI is InChI=1S/C14H18N4OS2/c19-13(11-7-4-8-21-11)15-9-12-16-17-14(20)18(12)10-5-2-1-3-6-10/h4,7-8,10H,1-3,5-6,9H2,(H,15,19)(H,17,20). The Balaban J connectivity index is 1.71. The minimum absolute atomic E-state index is 0.0610. The van der Waals surface area contributed by atoms with Crippen LogP contribution in [0.2, 0.25) is 0 Å². The van der Waals surface area contributed by atoms with E-state index in [-0.39, 0.29) is 5.91 Å². The summed E-state index contributed by atoms with van der Waals surface area (Å²) in [6, 6.07) is 4.11.